The van der Waals surface area contributed by atoms with E-state index in [2.05, 4.69) is 17.6 Å². The summed E-state index contributed by atoms with van der Waals surface area (Å²) >= 11 is 0. The first-order valence-corrected chi connectivity index (χ1v) is 7.25. The van der Waals surface area contributed by atoms with Crippen LogP contribution in [-0.4, -0.2) is 17.9 Å². The third-order valence-electron chi connectivity index (χ3n) is 3.98. The number of carbonyl (C=O) groups is 2. The van der Waals surface area contributed by atoms with Crippen LogP contribution in [0.5, 0.6) is 0 Å². The van der Waals surface area contributed by atoms with E-state index >= 15 is 0 Å². The smallest absolute Gasteiger partial charge is 0.319 e. The van der Waals surface area contributed by atoms with Gasteiger partial charge in [0.1, 0.15) is 0 Å². The number of benzene rings is 1. The van der Waals surface area contributed by atoms with Crippen molar-refractivity contribution in [2.45, 2.75) is 45.6 Å². The lowest BCUT2D eigenvalue weighted by atomic mass is 9.86. The van der Waals surface area contributed by atoms with Crippen molar-refractivity contribution in [3.05, 3.63) is 29.8 Å². The highest BCUT2D eigenvalue weighted by atomic mass is 16.2. The maximum absolute atomic E-state index is 12.0. The van der Waals surface area contributed by atoms with Gasteiger partial charge in [-0.3, -0.25) is 4.79 Å². The largest absolute Gasteiger partial charge is 0.335 e. The number of ketones is 1. The molecule has 4 nitrogen and oxygen atoms in total. The van der Waals surface area contributed by atoms with E-state index in [4.69, 9.17) is 0 Å². The fourth-order valence-corrected chi connectivity index (χ4v) is 2.65. The average Bonchev–Trinajstić information content (AvgIpc) is 2.42. The van der Waals surface area contributed by atoms with E-state index in [1.807, 2.05) is 0 Å². The molecule has 2 atom stereocenters. The van der Waals surface area contributed by atoms with Gasteiger partial charge in [-0.05, 0) is 49.9 Å². The number of urea groups is 1. The number of nitrogens with one attached hydrogen (secondary N) is 2. The normalized spacial score (nSPS) is 22.1. The summed E-state index contributed by atoms with van der Waals surface area (Å²) in [6.07, 6.45) is 4.67. The molecule has 2 unspecified atom stereocenters. The van der Waals surface area contributed by atoms with E-state index in [1.54, 1.807) is 24.3 Å². The fourth-order valence-electron chi connectivity index (χ4n) is 2.65. The van der Waals surface area contributed by atoms with Crippen LogP contribution in [0.1, 0.15) is 49.9 Å². The summed E-state index contributed by atoms with van der Waals surface area (Å²) in [5, 5.41) is 5.85. The number of rotatable bonds is 3. The minimum Gasteiger partial charge on any atom is -0.335 e. The van der Waals surface area contributed by atoms with Gasteiger partial charge in [-0.25, -0.2) is 4.79 Å². The first-order valence-electron chi connectivity index (χ1n) is 7.25. The SMILES string of the molecule is CC(=O)c1ccc(NC(=O)NC2CCCCC2C)cc1. The van der Waals surface area contributed by atoms with Crippen LogP contribution in [-0.2, 0) is 0 Å². The fraction of sp³-hybridized carbons (Fsp3) is 0.500. The number of hydrogen-bond acceptors (Lipinski definition) is 2. The molecule has 2 amide bonds. The van der Waals surface area contributed by atoms with Gasteiger partial charge in [-0.1, -0.05) is 19.8 Å². The first-order chi connectivity index (χ1) is 9.56. The van der Waals surface area contributed by atoms with Crippen LogP contribution in [0.3, 0.4) is 0 Å². The summed E-state index contributed by atoms with van der Waals surface area (Å²) < 4.78 is 0. The summed E-state index contributed by atoms with van der Waals surface area (Å²) in [5.41, 5.74) is 1.35. The maximum atomic E-state index is 12.0. The second-order valence-electron chi connectivity index (χ2n) is 5.60. The first kappa shape index (κ1) is 14.6. The van der Waals surface area contributed by atoms with Crippen molar-refractivity contribution < 1.29 is 9.59 Å². The topological polar surface area (TPSA) is 58.2 Å². The van der Waals surface area contributed by atoms with Gasteiger partial charge in [0.05, 0.1) is 0 Å². The van der Waals surface area contributed by atoms with Crippen molar-refractivity contribution in [3.8, 4) is 0 Å². The monoisotopic (exact) mass is 274 g/mol. The van der Waals surface area contributed by atoms with Gasteiger partial charge >= 0.3 is 6.03 Å². The Bertz CT molecular complexity index is 482. The number of hydrogen-bond donors (Lipinski definition) is 2. The lowest BCUT2D eigenvalue weighted by Crippen LogP contribution is -2.43. The summed E-state index contributed by atoms with van der Waals surface area (Å²) in [4.78, 5) is 23.1. The molecule has 0 spiro atoms. The molecule has 0 aliphatic heterocycles. The Morgan fingerprint density at radius 1 is 1.10 bits per heavy atom. The summed E-state index contributed by atoms with van der Waals surface area (Å²) in [5.74, 6) is 0.562. The van der Waals surface area contributed by atoms with Gasteiger partial charge < -0.3 is 10.6 Å². The van der Waals surface area contributed by atoms with E-state index < -0.39 is 0 Å². The van der Waals surface area contributed by atoms with Crippen molar-refractivity contribution in [3.63, 3.8) is 0 Å². The van der Waals surface area contributed by atoms with Crippen molar-refractivity contribution >= 4 is 17.5 Å². The van der Waals surface area contributed by atoms with Gasteiger partial charge in [-0.2, -0.15) is 0 Å². The van der Waals surface area contributed by atoms with E-state index in [9.17, 15) is 9.59 Å². The predicted molar refractivity (Wildman–Crippen MR) is 80.0 cm³/mol. The molecule has 1 aromatic carbocycles. The molecule has 1 fully saturated rings. The molecule has 0 radical (unpaired) electrons. The molecule has 0 aromatic heterocycles. The molecule has 0 bridgehead atoms. The number of amides is 2. The van der Waals surface area contributed by atoms with Gasteiger partial charge in [0.2, 0.25) is 0 Å². The molecular formula is C16H22N2O2. The van der Waals surface area contributed by atoms with Crippen molar-refractivity contribution in [2.24, 2.45) is 5.92 Å². The predicted octanol–water partition coefficient (Wildman–Crippen LogP) is 3.59. The Kier molecular flexibility index (Phi) is 4.77. The van der Waals surface area contributed by atoms with Gasteiger partial charge in [-0.15, -0.1) is 0 Å². The van der Waals surface area contributed by atoms with Gasteiger partial charge in [0, 0.05) is 17.3 Å². The Labute approximate surface area is 119 Å². The Morgan fingerprint density at radius 2 is 1.75 bits per heavy atom. The Morgan fingerprint density at radius 3 is 2.35 bits per heavy atom. The molecule has 0 saturated heterocycles. The second kappa shape index (κ2) is 6.55. The summed E-state index contributed by atoms with van der Waals surface area (Å²) in [6, 6.07) is 7.04. The minimum absolute atomic E-state index is 0.0250. The third kappa shape index (κ3) is 3.83. The Balaban J connectivity index is 1.89. The molecule has 4 heteroatoms. The van der Waals surface area contributed by atoms with Crippen LogP contribution >= 0.6 is 0 Å². The minimum atomic E-state index is -0.167. The second-order valence-corrected chi connectivity index (χ2v) is 5.60. The third-order valence-corrected chi connectivity index (χ3v) is 3.98. The quantitative estimate of drug-likeness (QED) is 0.827. The van der Waals surface area contributed by atoms with Crippen molar-refractivity contribution in [1.29, 1.82) is 0 Å². The number of Topliss-reactive ketones (excluding diaryl/α,β-unsaturated/α-hetero) is 1. The molecule has 1 aromatic rings. The van der Waals surface area contributed by atoms with E-state index in [0.29, 0.717) is 17.2 Å². The van der Waals surface area contributed by atoms with Crippen molar-refractivity contribution in [2.75, 3.05) is 5.32 Å². The molecule has 2 rings (SSSR count). The molecule has 0 heterocycles. The summed E-state index contributed by atoms with van der Waals surface area (Å²) in [7, 11) is 0. The van der Waals surface area contributed by atoms with E-state index in [0.717, 1.165) is 6.42 Å². The lowest BCUT2D eigenvalue weighted by Gasteiger charge is -2.29. The standard InChI is InChI=1S/C16H22N2O2/c1-11-5-3-4-6-15(11)18-16(20)17-14-9-7-13(8-10-14)12(2)19/h7-11,15H,3-6H2,1-2H3,(H2,17,18,20). The molecular weight excluding hydrogens is 252 g/mol. The zero-order chi connectivity index (χ0) is 14.5. The number of carbonyl (C=O) groups excluding carboxylic acids is 2. The van der Waals surface area contributed by atoms with Gasteiger partial charge in [0.25, 0.3) is 0 Å². The highest BCUT2D eigenvalue weighted by molar-refractivity contribution is 5.95. The van der Waals surface area contributed by atoms with Crippen LogP contribution in [0, 0.1) is 5.92 Å². The maximum Gasteiger partial charge on any atom is 0.319 e. The molecule has 20 heavy (non-hydrogen) atoms. The lowest BCUT2D eigenvalue weighted by molar-refractivity contribution is 0.101. The highest BCUT2D eigenvalue weighted by Crippen LogP contribution is 2.23. The summed E-state index contributed by atoms with van der Waals surface area (Å²) in [6.45, 7) is 3.71. The van der Waals surface area contributed by atoms with Crippen LogP contribution in [0.4, 0.5) is 10.5 Å². The Hall–Kier alpha value is -1.84. The van der Waals surface area contributed by atoms with Crippen LogP contribution in [0.15, 0.2) is 24.3 Å². The highest BCUT2D eigenvalue weighted by Gasteiger charge is 2.22. The zero-order valence-corrected chi connectivity index (χ0v) is 12.1. The molecule has 1 saturated carbocycles. The van der Waals surface area contributed by atoms with Crippen LogP contribution in [0.25, 0.3) is 0 Å². The van der Waals surface area contributed by atoms with Crippen LogP contribution in [0.2, 0.25) is 0 Å². The molecule has 1 aliphatic carbocycles. The molecule has 1 aliphatic rings. The van der Waals surface area contributed by atoms with Crippen LogP contribution < -0.4 is 10.6 Å². The molecule has 2 N–H and O–H groups in total. The van der Waals surface area contributed by atoms with Crippen molar-refractivity contribution in [1.82, 2.24) is 5.32 Å². The average molecular weight is 274 g/mol. The van der Waals surface area contributed by atoms with Gasteiger partial charge in [0.15, 0.2) is 5.78 Å². The zero-order valence-electron chi connectivity index (χ0n) is 12.1. The molecule has 108 valence electrons. The van der Waals surface area contributed by atoms with E-state index in [-0.39, 0.29) is 17.9 Å². The van der Waals surface area contributed by atoms with E-state index in [1.165, 1.54) is 26.2 Å². The number of anilines is 1.